The second-order valence-electron chi connectivity index (χ2n) is 3.08. The topological polar surface area (TPSA) is 61.7 Å². The van der Waals surface area contributed by atoms with E-state index in [0.717, 1.165) is 11.3 Å². The van der Waals surface area contributed by atoms with Crippen molar-refractivity contribution < 1.29 is 9.90 Å². The standard InChI is InChI=1S/C10H10N2O2S/c13-5-7-1-3-8(4-2-7)11-10-12-9(14)6-15-10/h1-4,13H,5-6H2,(H,11,12,14). The number of carbonyl (C=O) groups excluding carboxylic acids is 1. The summed E-state index contributed by atoms with van der Waals surface area (Å²) in [6.07, 6.45) is 0. The van der Waals surface area contributed by atoms with Crippen molar-refractivity contribution in [3.63, 3.8) is 0 Å². The summed E-state index contributed by atoms with van der Waals surface area (Å²) >= 11 is 1.40. The van der Waals surface area contributed by atoms with Gasteiger partial charge in [0.2, 0.25) is 5.91 Å². The van der Waals surface area contributed by atoms with Gasteiger partial charge in [0.25, 0.3) is 0 Å². The Bertz CT molecular complexity index is 400. The molecule has 1 aliphatic heterocycles. The quantitative estimate of drug-likeness (QED) is 0.785. The highest BCUT2D eigenvalue weighted by Crippen LogP contribution is 2.17. The van der Waals surface area contributed by atoms with E-state index in [1.165, 1.54) is 11.8 Å². The van der Waals surface area contributed by atoms with Crippen molar-refractivity contribution in [3.05, 3.63) is 29.8 Å². The molecule has 0 aromatic heterocycles. The fourth-order valence-corrected chi connectivity index (χ4v) is 1.87. The number of aliphatic hydroxyl groups is 1. The Morgan fingerprint density at radius 2 is 2.13 bits per heavy atom. The number of benzene rings is 1. The molecule has 1 heterocycles. The van der Waals surface area contributed by atoms with E-state index in [0.29, 0.717) is 10.9 Å². The Hall–Kier alpha value is -1.33. The van der Waals surface area contributed by atoms with Crippen molar-refractivity contribution >= 4 is 28.5 Å². The van der Waals surface area contributed by atoms with Gasteiger partial charge in [-0.1, -0.05) is 23.9 Å². The molecule has 0 bridgehead atoms. The molecule has 0 spiro atoms. The van der Waals surface area contributed by atoms with E-state index in [2.05, 4.69) is 10.3 Å². The second kappa shape index (κ2) is 4.46. The van der Waals surface area contributed by atoms with E-state index in [-0.39, 0.29) is 12.5 Å². The number of amidine groups is 1. The Morgan fingerprint density at radius 3 is 2.67 bits per heavy atom. The zero-order chi connectivity index (χ0) is 10.7. The molecule has 15 heavy (non-hydrogen) atoms. The van der Waals surface area contributed by atoms with E-state index in [1.807, 2.05) is 12.1 Å². The van der Waals surface area contributed by atoms with E-state index < -0.39 is 0 Å². The number of rotatable bonds is 2. The Kier molecular flexibility index (Phi) is 3.03. The Balaban J connectivity index is 2.13. The van der Waals surface area contributed by atoms with Crippen molar-refractivity contribution in [2.75, 3.05) is 5.75 Å². The maximum absolute atomic E-state index is 10.9. The Morgan fingerprint density at radius 1 is 1.40 bits per heavy atom. The molecule has 1 saturated heterocycles. The summed E-state index contributed by atoms with van der Waals surface area (Å²) in [4.78, 5) is 15.1. The molecular formula is C10H10N2O2S. The number of nitrogens with zero attached hydrogens (tertiary/aromatic N) is 1. The molecule has 5 heteroatoms. The molecule has 0 unspecified atom stereocenters. The van der Waals surface area contributed by atoms with E-state index in [4.69, 9.17) is 5.11 Å². The van der Waals surface area contributed by atoms with Crippen LogP contribution in [0.4, 0.5) is 5.69 Å². The van der Waals surface area contributed by atoms with Crippen LogP contribution >= 0.6 is 11.8 Å². The first-order chi connectivity index (χ1) is 7.28. The van der Waals surface area contributed by atoms with Crippen LogP contribution in [0.1, 0.15) is 5.56 Å². The zero-order valence-electron chi connectivity index (χ0n) is 7.93. The van der Waals surface area contributed by atoms with E-state index in [9.17, 15) is 4.79 Å². The monoisotopic (exact) mass is 222 g/mol. The van der Waals surface area contributed by atoms with Gasteiger partial charge in [-0.25, -0.2) is 4.99 Å². The maximum Gasteiger partial charge on any atom is 0.236 e. The third-order valence-electron chi connectivity index (χ3n) is 1.94. The molecule has 0 aliphatic carbocycles. The maximum atomic E-state index is 10.9. The second-order valence-corrected chi connectivity index (χ2v) is 4.04. The van der Waals surface area contributed by atoms with Gasteiger partial charge in [0.1, 0.15) is 0 Å². The van der Waals surface area contributed by atoms with Crippen LogP contribution in [0.15, 0.2) is 29.3 Å². The summed E-state index contributed by atoms with van der Waals surface area (Å²) in [5, 5.41) is 12.1. The average Bonchev–Trinajstić information content (AvgIpc) is 2.65. The number of hydrogen-bond acceptors (Lipinski definition) is 4. The van der Waals surface area contributed by atoms with Crippen molar-refractivity contribution in [3.8, 4) is 0 Å². The number of aliphatic hydroxyl groups excluding tert-OH is 1. The third kappa shape index (κ3) is 2.57. The molecule has 0 radical (unpaired) electrons. The lowest BCUT2D eigenvalue weighted by Gasteiger charge is -1.98. The summed E-state index contributed by atoms with van der Waals surface area (Å²) in [5.74, 6) is 0.429. The highest BCUT2D eigenvalue weighted by molar-refractivity contribution is 8.15. The van der Waals surface area contributed by atoms with Crippen LogP contribution in [0.25, 0.3) is 0 Å². The fourth-order valence-electron chi connectivity index (χ4n) is 1.18. The lowest BCUT2D eigenvalue weighted by molar-refractivity contribution is -0.116. The number of nitrogens with one attached hydrogen (secondary N) is 1. The van der Waals surface area contributed by atoms with Gasteiger partial charge in [0, 0.05) is 0 Å². The molecule has 4 nitrogen and oxygen atoms in total. The summed E-state index contributed by atoms with van der Waals surface area (Å²) < 4.78 is 0. The molecule has 1 aromatic rings. The van der Waals surface area contributed by atoms with Crippen LogP contribution in [0, 0.1) is 0 Å². The summed E-state index contributed by atoms with van der Waals surface area (Å²) in [5.41, 5.74) is 1.62. The number of carbonyl (C=O) groups is 1. The molecule has 78 valence electrons. The van der Waals surface area contributed by atoms with Crippen molar-refractivity contribution in [2.24, 2.45) is 4.99 Å². The first-order valence-electron chi connectivity index (χ1n) is 4.49. The first kappa shape index (κ1) is 10.2. The minimum atomic E-state index is -0.00858. The van der Waals surface area contributed by atoms with Gasteiger partial charge in [-0.3, -0.25) is 4.79 Å². The summed E-state index contributed by atoms with van der Waals surface area (Å²) in [6.45, 7) is 0.0301. The third-order valence-corrected chi connectivity index (χ3v) is 2.81. The van der Waals surface area contributed by atoms with Gasteiger partial charge >= 0.3 is 0 Å². The molecule has 2 N–H and O–H groups in total. The zero-order valence-corrected chi connectivity index (χ0v) is 8.75. The molecular weight excluding hydrogens is 212 g/mol. The van der Waals surface area contributed by atoms with Crippen LogP contribution in [0.5, 0.6) is 0 Å². The van der Waals surface area contributed by atoms with Crippen molar-refractivity contribution in [1.29, 1.82) is 0 Å². The smallest absolute Gasteiger partial charge is 0.236 e. The summed E-state index contributed by atoms with van der Waals surface area (Å²) in [6, 6.07) is 7.23. The highest BCUT2D eigenvalue weighted by atomic mass is 32.2. The number of amides is 1. The number of hydrogen-bond donors (Lipinski definition) is 2. The van der Waals surface area contributed by atoms with Crippen molar-refractivity contribution in [2.45, 2.75) is 6.61 Å². The predicted octanol–water partition coefficient (Wildman–Crippen LogP) is 1.03. The van der Waals surface area contributed by atoms with Gasteiger partial charge in [0.15, 0.2) is 5.17 Å². The van der Waals surface area contributed by atoms with E-state index in [1.54, 1.807) is 12.1 Å². The van der Waals surface area contributed by atoms with Gasteiger partial charge < -0.3 is 10.4 Å². The van der Waals surface area contributed by atoms with Gasteiger partial charge in [0.05, 0.1) is 18.0 Å². The SMILES string of the molecule is O=C1CSC(=Nc2ccc(CO)cc2)N1. The minimum absolute atomic E-state index is 0.00858. The molecule has 0 atom stereocenters. The Labute approximate surface area is 91.4 Å². The average molecular weight is 222 g/mol. The molecule has 1 aliphatic rings. The molecule has 1 fully saturated rings. The van der Waals surface area contributed by atoms with Crippen LogP contribution < -0.4 is 5.32 Å². The number of thioether (sulfide) groups is 1. The fraction of sp³-hybridized carbons (Fsp3) is 0.200. The van der Waals surface area contributed by atoms with Gasteiger partial charge in [-0.2, -0.15) is 0 Å². The molecule has 1 aromatic carbocycles. The van der Waals surface area contributed by atoms with Gasteiger partial charge in [-0.15, -0.1) is 0 Å². The lowest BCUT2D eigenvalue weighted by Crippen LogP contribution is -2.19. The first-order valence-corrected chi connectivity index (χ1v) is 5.47. The highest BCUT2D eigenvalue weighted by Gasteiger charge is 2.15. The minimum Gasteiger partial charge on any atom is -0.392 e. The van der Waals surface area contributed by atoms with Crippen LogP contribution in [-0.4, -0.2) is 21.9 Å². The molecule has 2 rings (SSSR count). The largest absolute Gasteiger partial charge is 0.392 e. The van der Waals surface area contributed by atoms with Crippen LogP contribution in [0.3, 0.4) is 0 Å². The summed E-state index contributed by atoms with van der Waals surface area (Å²) in [7, 11) is 0. The molecule has 1 amide bonds. The van der Waals surface area contributed by atoms with Crippen LogP contribution in [-0.2, 0) is 11.4 Å². The van der Waals surface area contributed by atoms with Crippen molar-refractivity contribution in [1.82, 2.24) is 5.32 Å². The predicted molar refractivity (Wildman–Crippen MR) is 60.1 cm³/mol. The van der Waals surface area contributed by atoms with E-state index >= 15 is 0 Å². The van der Waals surface area contributed by atoms with Gasteiger partial charge in [-0.05, 0) is 17.7 Å². The van der Waals surface area contributed by atoms with Crippen LogP contribution in [0.2, 0.25) is 0 Å². The normalized spacial score (nSPS) is 18.2. The lowest BCUT2D eigenvalue weighted by atomic mass is 10.2. The molecule has 0 saturated carbocycles. The number of aliphatic imine (C=N–C) groups is 1.